The summed E-state index contributed by atoms with van der Waals surface area (Å²) >= 11 is 0. The average Bonchev–Trinajstić information content (AvgIpc) is 2.89. The topological polar surface area (TPSA) is 3.88 Å². The van der Waals surface area contributed by atoms with Crippen LogP contribution in [-0.2, 0) is 18.4 Å². The van der Waals surface area contributed by atoms with Gasteiger partial charge >= 0.3 is 0 Å². The fourth-order valence-corrected chi connectivity index (χ4v) is 5.12. The van der Waals surface area contributed by atoms with Crippen LogP contribution in [0.5, 0.6) is 0 Å². The Morgan fingerprint density at radius 1 is 0.929 bits per heavy atom. The molecular formula is C27H34N+. The van der Waals surface area contributed by atoms with Gasteiger partial charge in [0.05, 0.1) is 10.9 Å². The van der Waals surface area contributed by atoms with Crippen molar-refractivity contribution in [1.29, 1.82) is 0 Å². The molecule has 0 saturated heterocycles. The summed E-state index contributed by atoms with van der Waals surface area (Å²) in [6, 6.07) is 18.5. The van der Waals surface area contributed by atoms with Crippen molar-refractivity contribution in [3.8, 4) is 11.3 Å². The zero-order valence-electron chi connectivity index (χ0n) is 17.8. The quantitative estimate of drug-likeness (QED) is 0.324. The number of benzene rings is 2. The molecule has 1 heteroatoms. The first-order valence-corrected chi connectivity index (χ1v) is 11.3. The van der Waals surface area contributed by atoms with Crippen molar-refractivity contribution in [1.82, 2.24) is 0 Å². The molecule has 0 atom stereocenters. The van der Waals surface area contributed by atoms with Gasteiger partial charge in [-0.3, -0.25) is 0 Å². The summed E-state index contributed by atoms with van der Waals surface area (Å²) in [7, 11) is 0. The highest BCUT2D eigenvalue weighted by atomic mass is 15.1. The molecule has 2 heterocycles. The molecular weight excluding hydrogens is 338 g/mol. The monoisotopic (exact) mass is 372 g/mol. The minimum Gasteiger partial charge on any atom is -0.192 e. The summed E-state index contributed by atoms with van der Waals surface area (Å²) in [4.78, 5) is 0. The first-order chi connectivity index (χ1) is 13.7. The van der Waals surface area contributed by atoms with E-state index in [0.29, 0.717) is 0 Å². The number of fused-ring (bicyclic) bond motifs is 5. The molecule has 146 valence electrons. The standard InChI is InChI=1S/C27H34N/c1-4-7-8-11-21-14-15-23-16-18-27(5-2,6-3)28-19-17-22-12-9-10-13-24(22)26(28)25(23)20-21/h9-10,12-15,17,19-20H,4-8,11,16,18H2,1-3H3/q+1. The van der Waals surface area contributed by atoms with E-state index >= 15 is 0 Å². The number of hydrogen-bond acceptors (Lipinski definition) is 0. The summed E-state index contributed by atoms with van der Waals surface area (Å²) in [5, 5.41) is 2.74. The Morgan fingerprint density at radius 2 is 1.75 bits per heavy atom. The lowest BCUT2D eigenvalue weighted by atomic mass is 9.86. The Hall–Kier alpha value is -2.15. The van der Waals surface area contributed by atoms with Crippen molar-refractivity contribution in [3.05, 3.63) is 65.9 Å². The number of pyridine rings is 1. The molecule has 1 aliphatic heterocycles. The molecule has 1 nitrogen and oxygen atoms in total. The number of hydrogen-bond donors (Lipinski definition) is 0. The predicted octanol–water partition coefficient (Wildman–Crippen LogP) is 6.99. The molecule has 0 unspecified atom stereocenters. The van der Waals surface area contributed by atoms with Gasteiger partial charge in [-0.2, -0.15) is 4.57 Å². The largest absolute Gasteiger partial charge is 0.221 e. The summed E-state index contributed by atoms with van der Waals surface area (Å²) in [5.74, 6) is 0. The number of aromatic nitrogens is 1. The van der Waals surface area contributed by atoms with E-state index in [1.54, 1.807) is 0 Å². The Bertz CT molecular complexity index is 965. The first-order valence-electron chi connectivity index (χ1n) is 11.3. The number of unbranched alkanes of at least 4 members (excludes halogenated alkanes) is 2. The second kappa shape index (κ2) is 8.07. The normalized spacial score (nSPS) is 15.1. The molecule has 3 aromatic rings. The van der Waals surface area contributed by atoms with Crippen LogP contribution in [0, 0.1) is 0 Å². The molecule has 0 saturated carbocycles. The van der Waals surface area contributed by atoms with E-state index in [0.717, 1.165) is 0 Å². The second-order valence-corrected chi connectivity index (χ2v) is 8.50. The van der Waals surface area contributed by atoms with E-state index in [-0.39, 0.29) is 5.54 Å². The third-order valence-electron chi connectivity index (χ3n) is 7.05. The van der Waals surface area contributed by atoms with Crippen LogP contribution >= 0.6 is 0 Å². The maximum atomic E-state index is 2.64. The lowest BCUT2D eigenvalue weighted by Gasteiger charge is -2.26. The van der Waals surface area contributed by atoms with E-state index in [1.807, 2.05) is 0 Å². The number of nitrogens with zero attached hydrogens (tertiary/aromatic N) is 1. The van der Waals surface area contributed by atoms with E-state index < -0.39 is 0 Å². The van der Waals surface area contributed by atoms with Crippen LogP contribution in [0.1, 0.15) is 70.4 Å². The van der Waals surface area contributed by atoms with Gasteiger partial charge in [-0.25, -0.2) is 0 Å². The highest BCUT2D eigenvalue weighted by molar-refractivity contribution is 5.93. The van der Waals surface area contributed by atoms with Crippen molar-refractivity contribution in [2.24, 2.45) is 0 Å². The molecule has 0 aliphatic carbocycles. The van der Waals surface area contributed by atoms with Crippen LogP contribution in [0.25, 0.3) is 22.0 Å². The molecule has 0 radical (unpaired) electrons. The van der Waals surface area contributed by atoms with Crippen molar-refractivity contribution < 1.29 is 4.57 Å². The Balaban J connectivity index is 1.96. The van der Waals surface area contributed by atoms with Crippen molar-refractivity contribution in [2.75, 3.05) is 0 Å². The Morgan fingerprint density at radius 3 is 2.54 bits per heavy atom. The van der Waals surface area contributed by atoms with Gasteiger partial charge in [0.1, 0.15) is 0 Å². The van der Waals surface area contributed by atoms with Crippen LogP contribution in [0.15, 0.2) is 54.7 Å². The number of rotatable bonds is 6. The van der Waals surface area contributed by atoms with Crippen LogP contribution in [-0.4, -0.2) is 0 Å². The molecule has 0 bridgehead atoms. The Labute approximate surface area is 170 Å². The summed E-state index contributed by atoms with van der Waals surface area (Å²) in [6.45, 7) is 7.01. The third-order valence-corrected chi connectivity index (χ3v) is 7.05. The van der Waals surface area contributed by atoms with Gasteiger partial charge in [0, 0.05) is 25.3 Å². The third kappa shape index (κ3) is 3.26. The average molecular weight is 373 g/mol. The molecule has 0 amide bonds. The smallest absolute Gasteiger partial charge is 0.192 e. The summed E-state index contributed by atoms with van der Waals surface area (Å²) < 4.78 is 2.64. The molecule has 0 fully saturated rings. The van der Waals surface area contributed by atoms with Crippen molar-refractivity contribution in [3.63, 3.8) is 0 Å². The van der Waals surface area contributed by atoms with Gasteiger partial charge in [-0.15, -0.1) is 0 Å². The van der Waals surface area contributed by atoms with Gasteiger partial charge < -0.3 is 0 Å². The van der Waals surface area contributed by atoms with Crippen LogP contribution < -0.4 is 4.57 Å². The van der Waals surface area contributed by atoms with Crippen molar-refractivity contribution in [2.45, 2.75) is 77.7 Å². The molecule has 2 aromatic carbocycles. The van der Waals surface area contributed by atoms with Gasteiger partial charge in [-0.05, 0) is 47.9 Å². The van der Waals surface area contributed by atoms with E-state index in [1.165, 1.54) is 84.5 Å². The highest BCUT2D eigenvalue weighted by Crippen LogP contribution is 2.38. The second-order valence-electron chi connectivity index (χ2n) is 8.50. The lowest BCUT2D eigenvalue weighted by Crippen LogP contribution is -2.56. The van der Waals surface area contributed by atoms with Crippen LogP contribution in [0.3, 0.4) is 0 Å². The van der Waals surface area contributed by atoms with Gasteiger partial charge in [0.25, 0.3) is 0 Å². The van der Waals surface area contributed by atoms with Crippen LogP contribution in [0.2, 0.25) is 0 Å². The fourth-order valence-electron chi connectivity index (χ4n) is 5.12. The molecule has 1 aromatic heterocycles. The van der Waals surface area contributed by atoms with Gasteiger partial charge in [0.15, 0.2) is 11.7 Å². The van der Waals surface area contributed by atoms with Crippen LogP contribution in [0.4, 0.5) is 0 Å². The first kappa shape index (κ1) is 19.2. The molecule has 4 rings (SSSR count). The predicted molar refractivity (Wildman–Crippen MR) is 120 cm³/mol. The minimum absolute atomic E-state index is 0.209. The summed E-state index contributed by atoms with van der Waals surface area (Å²) in [5.41, 5.74) is 6.13. The SMILES string of the molecule is CCCCCc1ccc2c(c1)-c1c3ccccc3cc[n+]1C(CC)(CC)CC2. The molecule has 0 spiro atoms. The summed E-state index contributed by atoms with van der Waals surface area (Å²) in [6.07, 6.45) is 12.2. The zero-order chi connectivity index (χ0) is 19.6. The number of aryl methyl sites for hydroxylation is 2. The minimum atomic E-state index is 0.209. The van der Waals surface area contributed by atoms with Crippen molar-refractivity contribution >= 4 is 10.8 Å². The van der Waals surface area contributed by atoms with E-state index in [4.69, 9.17) is 0 Å². The zero-order valence-corrected chi connectivity index (χ0v) is 17.8. The molecule has 1 aliphatic rings. The Kier molecular flexibility index (Phi) is 5.53. The van der Waals surface area contributed by atoms with Gasteiger partial charge in [-0.1, -0.05) is 63.9 Å². The molecule has 28 heavy (non-hydrogen) atoms. The fraction of sp³-hybridized carbons (Fsp3) is 0.444. The lowest BCUT2D eigenvalue weighted by molar-refractivity contribution is -0.756. The van der Waals surface area contributed by atoms with E-state index in [9.17, 15) is 0 Å². The maximum absolute atomic E-state index is 2.64. The van der Waals surface area contributed by atoms with Gasteiger partial charge in [0.2, 0.25) is 5.69 Å². The molecule has 0 N–H and O–H groups in total. The highest BCUT2D eigenvalue weighted by Gasteiger charge is 2.41. The maximum Gasteiger partial charge on any atom is 0.221 e. The van der Waals surface area contributed by atoms with E-state index in [2.05, 4.69) is 80.1 Å².